The normalized spacial score (nSPS) is 14.8. The lowest BCUT2D eigenvalue weighted by molar-refractivity contribution is -0.648. The second kappa shape index (κ2) is 4.79. The molecule has 0 aliphatic carbocycles. The molecule has 5 nitrogen and oxygen atoms in total. The van der Waals surface area contributed by atoms with E-state index in [2.05, 4.69) is 9.97 Å². The molecule has 1 aliphatic heterocycles. The molecule has 0 saturated carbocycles. The van der Waals surface area contributed by atoms with Crippen molar-refractivity contribution in [2.24, 2.45) is 6.98 Å². The topological polar surface area (TPSA) is 39.5 Å². The minimum absolute atomic E-state index is 0.571. The third-order valence-corrected chi connectivity index (χ3v) is 5.07. The van der Waals surface area contributed by atoms with Crippen molar-refractivity contribution in [1.82, 2.24) is 19.1 Å². The van der Waals surface area contributed by atoms with E-state index in [1.807, 2.05) is 63.7 Å². The van der Waals surface area contributed by atoms with Gasteiger partial charge in [0.15, 0.2) is 5.52 Å². The highest BCUT2D eigenvalue weighted by Crippen LogP contribution is 2.35. The number of aromatic nitrogens is 5. The van der Waals surface area contributed by atoms with E-state index < -0.39 is 6.98 Å². The van der Waals surface area contributed by atoms with E-state index in [0.29, 0.717) is 17.9 Å². The summed E-state index contributed by atoms with van der Waals surface area (Å²) in [6, 6.07) is 17.6. The van der Waals surface area contributed by atoms with Crippen molar-refractivity contribution in [2.45, 2.75) is 6.54 Å². The van der Waals surface area contributed by atoms with Gasteiger partial charge in [-0.25, -0.2) is 19.1 Å². The minimum atomic E-state index is -2.36. The molecule has 0 radical (unpaired) electrons. The van der Waals surface area contributed by atoms with Crippen molar-refractivity contribution in [3.63, 3.8) is 0 Å². The van der Waals surface area contributed by atoms with Crippen LogP contribution in [0.5, 0.6) is 0 Å². The number of fused-ring (bicyclic) bond motifs is 7. The monoisotopic (exact) mass is 341 g/mol. The first-order valence-electron chi connectivity index (χ1n) is 9.99. The summed E-state index contributed by atoms with van der Waals surface area (Å²) in [5.74, 6) is 0.612. The third kappa shape index (κ3) is 1.57. The predicted octanol–water partition coefficient (Wildman–Crippen LogP) is 3.23. The van der Waals surface area contributed by atoms with Gasteiger partial charge in [-0.05, 0) is 30.3 Å². The Labute approximate surface area is 154 Å². The Kier molecular flexibility index (Phi) is 2.06. The second-order valence-corrected chi connectivity index (χ2v) is 6.47. The molecule has 1 aromatic carbocycles. The Morgan fingerprint density at radius 3 is 2.73 bits per heavy atom. The van der Waals surface area contributed by atoms with E-state index in [4.69, 9.17) is 4.11 Å². The number of imidazole rings is 1. The van der Waals surface area contributed by atoms with E-state index >= 15 is 0 Å². The molecule has 0 spiro atoms. The van der Waals surface area contributed by atoms with Crippen molar-refractivity contribution < 1.29 is 8.68 Å². The van der Waals surface area contributed by atoms with E-state index in [9.17, 15) is 0 Å². The number of rotatable bonds is 1. The average molecular weight is 341 g/mol. The molecule has 0 atom stereocenters. The van der Waals surface area contributed by atoms with Gasteiger partial charge in [-0.15, -0.1) is 0 Å². The lowest BCUT2D eigenvalue weighted by atomic mass is 10.2. The van der Waals surface area contributed by atoms with Crippen molar-refractivity contribution in [1.29, 1.82) is 0 Å². The van der Waals surface area contributed by atoms with Crippen molar-refractivity contribution >= 4 is 22.2 Å². The number of hydrogen-bond acceptors (Lipinski definition) is 2. The molecule has 0 fully saturated rings. The van der Waals surface area contributed by atoms with Gasteiger partial charge in [0.05, 0.1) is 23.0 Å². The van der Waals surface area contributed by atoms with Crippen LogP contribution in [0.2, 0.25) is 0 Å². The molecular weight excluding hydrogens is 322 g/mol. The maximum atomic E-state index is 8.30. The Morgan fingerprint density at radius 1 is 1.00 bits per heavy atom. The quantitative estimate of drug-likeness (QED) is 0.431. The van der Waals surface area contributed by atoms with Gasteiger partial charge in [0.1, 0.15) is 11.4 Å². The fourth-order valence-corrected chi connectivity index (χ4v) is 4.03. The standard InChI is InChI=1S/C21H16N5/c1-24-18-16-10-6-12-23-19(16)26(15-8-3-2-4-9-15)21(18)25-13-14-7-5-11-22-17(14)20(24)25/h2-12H,13H2,1H3/q+1/i1D3. The van der Waals surface area contributed by atoms with Gasteiger partial charge in [0.2, 0.25) is 5.65 Å². The molecule has 5 heterocycles. The van der Waals surface area contributed by atoms with Crippen LogP contribution in [0.25, 0.3) is 39.4 Å². The minimum Gasteiger partial charge on any atom is -0.254 e. The molecule has 0 unspecified atom stereocenters. The molecule has 124 valence electrons. The first-order chi connectivity index (χ1) is 14.1. The fourth-order valence-electron chi connectivity index (χ4n) is 4.03. The largest absolute Gasteiger partial charge is 0.276 e. The smallest absolute Gasteiger partial charge is 0.254 e. The van der Waals surface area contributed by atoms with Gasteiger partial charge >= 0.3 is 0 Å². The van der Waals surface area contributed by atoms with Crippen LogP contribution in [-0.4, -0.2) is 19.1 Å². The van der Waals surface area contributed by atoms with Crippen LogP contribution in [0.3, 0.4) is 0 Å². The second-order valence-electron chi connectivity index (χ2n) is 6.47. The fraction of sp³-hybridized carbons (Fsp3) is 0.0952. The highest BCUT2D eigenvalue weighted by molar-refractivity contribution is 6.04. The number of para-hydroxylation sites is 1. The summed E-state index contributed by atoms with van der Waals surface area (Å²) in [7, 11) is 0. The number of aryl methyl sites for hydroxylation is 1. The number of hydrogen-bond donors (Lipinski definition) is 0. The van der Waals surface area contributed by atoms with Crippen molar-refractivity contribution in [2.75, 3.05) is 0 Å². The Hall–Kier alpha value is -3.47. The maximum Gasteiger partial charge on any atom is 0.276 e. The first kappa shape index (κ1) is 11.2. The maximum absolute atomic E-state index is 8.30. The van der Waals surface area contributed by atoms with Gasteiger partial charge in [-0.3, -0.25) is 4.57 Å². The predicted molar refractivity (Wildman–Crippen MR) is 100 cm³/mol. The van der Waals surface area contributed by atoms with Crippen molar-refractivity contribution in [3.8, 4) is 17.2 Å². The number of pyridine rings is 2. The van der Waals surface area contributed by atoms with Crippen LogP contribution >= 0.6 is 0 Å². The van der Waals surface area contributed by atoms with Crippen LogP contribution in [-0.2, 0) is 13.5 Å². The van der Waals surface area contributed by atoms with Gasteiger partial charge in [0, 0.05) is 18.0 Å². The lowest BCUT2D eigenvalue weighted by Crippen LogP contribution is -2.33. The zero-order valence-electron chi connectivity index (χ0n) is 16.8. The zero-order valence-corrected chi connectivity index (χ0v) is 13.8. The number of nitrogens with zero attached hydrogens (tertiary/aromatic N) is 5. The molecule has 0 saturated heterocycles. The van der Waals surface area contributed by atoms with E-state index in [-0.39, 0.29) is 0 Å². The molecule has 0 bridgehead atoms. The molecule has 4 aromatic heterocycles. The van der Waals surface area contributed by atoms with Gasteiger partial charge in [-0.1, -0.05) is 24.3 Å². The Bertz CT molecular complexity index is 1410. The highest BCUT2D eigenvalue weighted by Gasteiger charge is 2.36. The number of benzene rings is 1. The summed E-state index contributed by atoms with van der Waals surface area (Å²) >= 11 is 0. The van der Waals surface area contributed by atoms with E-state index in [1.165, 1.54) is 4.57 Å². The highest BCUT2D eigenvalue weighted by atomic mass is 15.3. The van der Waals surface area contributed by atoms with Crippen molar-refractivity contribution in [3.05, 3.63) is 72.6 Å². The van der Waals surface area contributed by atoms with E-state index in [0.717, 1.165) is 33.6 Å². The summed E-state index contributed by atoms with van der Waals surface area (Å²) in [5.41, 5.74) is 4.88. The third-order valence-electron chi connectivity index (χ3n) is 5.07. The van der Waals surface area contributed by atoms with Gasteiger partial charge < -0.3 is 0 Å². The van der Waals surface area contributed by atoms with Gasteiger partial charge in [-0.2, -0.15) is 0 Å². The average Bonchev–Trinajstić information content (AvgIpc) is 3.34. The molecule has 5 aromatic rings. The van der Waals surface area contributed by atoms with Crippen LogP contribution < -0.4 is 4.57 Å². The molecule has 6 rings (SSSR count). The zero-order chi connectivity index (χ0) is 19.8. The summed E-state index contributed by atoms with van der Waals surface area (Å²) in [6.45, 7) is -1.79. The molecule has 0 N–H and O–H groups in total. The first-order valence-corrected chi connectivity index (χ1v) is 8.49. The molecule has 26 heavy (non-hydrogen) atoms. The van der Waals surface area contributed by atoms with Crippen LogP contribution in [0, 0.1) is 0 Å². The lowest BCUT2D eigenvalue weighted by Gasteiger charge is -2.02. The SMILES string of the molecule is [2H]C([2H])([2H])n1c2[n+](c3c1c1cccnc1n3-c1ccccc1)Cc1cccnc1-2. The molecule has 5 heteroatoms. The van der Waals surface area contributed by atoms with Crippen LogP contribution in [0.1, 0.15) is 9.68 Å². The summed E-state index contributed by atoms with van der Waals surface area (Å²) in [6.07, 6.45) is 3.45. The summed E-state index contributed by atoms with van der Waals surface area (Å²) in [4.78, 5) is 9.12. The van der Waals surface area contributed by atoms with Crippen LogP contribution in [0.4, 0.5) is 0 Å². The molecule has 1 aliphatic rings. The van der Waals surface area contributed by atoms with Crippen LogP contribution in [0.15, 0.2) is 67.0 Å². The molecule has 0 amide bonds. The van der Waals surface area contributed by atoms with Gasteiger partial charge in [0.25, 0.3) is 11.5 Å². The van der Waals surface area contributed by atoms with E-state index in [1.54, 1.807) is 12.4 Å². The Balaban J connectivity index is 1.87. The summed E-state index contributed by atoms with van der Waals surface area (Å²) < 4.78 is 30.4. The Morgan fingerprint density at radius 2 is 1.85 bits per heavy atom. The summed E-state index contributed by atoms with van der Waals surface area (Å²) in [5, 5.41) is 0.807. The molecular formula is C21H16N5+.